The number of hydrogen-bond acceptors (Lipinski definition) is 3. The van der Waals surface area contributed by atoms with E-state index >= 15 is 0 Å². The Morgan fingerprint density at radius 1 is 1.56 bits per heavy atom. The highest BCUT2D eigenvalue weighted by Gasteiger charge is 2.14. The number of carbonyl (C=O) groups excluding carboxylic acids is 1. The Bertz CT molecular complexity index is 348. The van der Waals surface area contributed by atoms with Crippen molar-refractivity contribution in [1.82, 2.24) is 10.2 Å². The summed E-state index contributed by atoms with van der Waals surface area (Å²) in [4.78, 5) is 23.2. The minimum absolute atomic E-state index is 0.252. The fraction of sp³-hybridized carbons (Fsp3) is 0.400. The van der Waals surface area contributed by atoms with Gasteiger partial charge in [0.2, 0.25) is 0 Å². The molecule has 1 aromatic rings. The van der Waals surface area contributed by atoms with Crippen LogP contribution in [0.1, 0.15) is 12.7 Å². The lowest BCUT2D eigenvalue weighted by atomic mass is 10.4. The van der Waals surface area contributed by atoms with Crippen molar-refractivity contribution in [2.45, 2.75) is 13.5 Å². The Hall–Kier alpha value is -1.98. The number of urea groups is 1. The number of amides is 2. The number of nitrogens with one attached hydrogen (secondary N) is 1. The van der Waals surface area contributed by atoms with E-state index in [1.54, 1.807) is 19.1 Å². The van der Waals surface area contributed by atoms with E-state index in [1.165, 1.54) is 11.2 Å². The number of likely N-dealkylation sites (N-methyl/N-ethyl adjacent to an activating group) is 1. The Morgan fingerprint density at radius 2 is 2.31 bits per heavy atom. The first-order valence-electron chi connectivity index (χ1n) is 4.90. The highest BCUT2D eigenvalue weighted by atomic mass is 16.4. The molecule has 0 radical (unpaired) electrons. The van der Waals surface area contributed by atoms with Crippen LogP contribution in [0, 0.1) is 0 Å². The first-order chi connectivity index (χ1) is 7.63. The Morgan fingerprint density at radius 3 is 2.81 bits per heavy atom. The van der Waals surface area contributed by atoms with Crippen LogP contribution in [0.5, 0.6) is 0 Å². The first kappa shape index (κ1) is 12.1. The molecule has 6 heteroatoms. The van der Waals surface area contributed by atoms with Crippen LogP contribution in [0.4, 0.5) is 4.79 Å². The average Bonchev–Trinajstić information content (AvgIpc) is 2.75. The zero-order chi connectivity index (χ0) is 12.0. The summed E-state index contributed by atoms with van der Waals surface area (Å²) in [5.41, 5.74) is 0. The average molecular weight is 226 g/mol. The molecule has 0 aromatic carbocycles. The van der Waals surface area contributed by atoms with E-state index in [-0.39, 0.29) is 13.1 Å². The maximum Gasteiger partial charge on any atom is 0.323 e. The Balaban J connectivity index is 2.40. The molecule has 1 aromatic heterocycles. The molecule has 16 heavy (non-hydrogen) atoms. The van der Waals surface area contributed by atoms with E-state index < -0.39 is 12.0 Å². The first-order valence-corrected chi connectivity index (χ1v) is 4.90. The minimum atomic E-state index is -1.03. The third kappa shape index (κ3) is 3.64. The molecule has 0 saturated carbocycles. The van der Waals surface area contributed by atoms with Gasteiger partial charge in [-0.05, 0) is 19.1 Å². The molecule has 1 heterocycles. The van der Waals surface area contributed by atoms with Crippen LogP contribution in [0.2, 0.25) is 0 Å². The molecule has 0 bridgehead atoms. The molecule has 0 aliphatic rings. The third-order valence-electron chi connectivity index (χ3n) is 1.99. The van der Waals surface area contributed by atoms with E-state index in [0.29, 0.717) is 12.3 Å². The molecule has 2 N–H and O–H groups in total. The van der Waals surface area contributed by atoms with Crippen LogP contribution in [-0.4, -0.2) is 35.1 Å². The van der Waals surface area contributed by atoms with Crippen molar-refractivity contribution in [2.75, 3.05) is 13.1 Å². The van der Waals surface area contributed by atoms with E-state index in [2.05, 4.69) is 5.32 Å². The fourth-order valence-electron chi connectivity index (χ4n) is 1.18. The fourth-order valence-corrected chi connectivity index (χ4v) is 1.18. The predicted octanol–water partition coefficient (Wildman–Crippen LogP) is 0.896. The largest absolute Gasteiger partial charge is 0.480 e. The molecule has 0 unspecified atom stereocenters. The summed E-state index contributed by atoms with van der Waals surface area (Å²) in [7, 11) is 0. The van der Waals surface area contributed by atoms with Crippen LogP contribution in [0.15, 0.2) is 22.8 Å². The Labute approximate surface area is 92.8 Å². The summed E-state index contributed by atoms with van der Waals surface area (Å²) in [5, 5.41) is 11.1. The molecular formula is C10H14N2O4. The van der Waals surface area contributed by atoms with Gasteiger partial charge in [0.05, 0.1) is 12.8 Å². The maximum absolute atomic E-state index is 11.5. The normalized spacial score (nSPS) is 9.81. The van der Waals surface area contributed by atoms with E-state index in [4.69, 9.17) is 9.52 Å². The predicted molar refractivity (Wildman–Crippen MR) is 55.8 cm³/mol. The summed E-state index contributed by atoms with van der Waals surface area (Å²) >= 11 is 0. The Kier molecular flexibility index (Phi) is 4.38. The topological polar surface area (TPSA) is 82.8 Å². The van der Waals surface area contributed by atoms with Crippen molar-refractivity contribution in [1.29, 1.82) is 0 Å². The summed E-state index contributed by atoms with van der Waals surface area (Å²) < 4.78 is 5.03. The van der Waals surface area contributed by atoms with Gasteiger partial charge in [-0.1, -0.05) is 0 Å². The molecule has 88 valence electrons. The molecule has 0 aliphatic carbocycles. The van der Waals surface area contributed by atoms with Gasteiger partial charge in [-0.25, -0.2) is 4.79 Å². The van der Waals surface area contributed by atoms with E-state index in [0.717, 1.165) is 0 Å². The molecule has 0 fully saturated rings. The maximum atomic E-state index is 11.5. The molecule has 0 aliphatic heterocycles. The second-order valence-corrected chi connectivity index (χ2v) is 3.15. The smallest absolute Gasteiger partial charge is 0.323 e. The lowest BCUT2D eigenvalue weighted by molar-refractivity contribution is -0.137. The lowest BCUT2D eigenvalue weighted by Crippen LogP contribution is -2.42. The summed E-state index contributed by atoms with van der Waals surface area (Å²) in [6.07, 6.45) is 1.51. The van der Waals surface area contributed by atoms with E-state index in [9.17, 15) is 9.59 Å². The summed E-state index contributed by atoms with van der Waals surface area (Å²) in [5.74, 6) is -0.408. The van der Waals surface area contributed by atoms with Crippen molar-refractivity contribution in [2.24, 2.45) is 0 Å². The van der Waals surface area contributed by atoms with Gasteiger partial charge >= 0.3 is 12.0 Å². The van der Waals surface area contributed by atoms with Crippen LogP contribution in [-0.2, 0) is 11.3 Å². The van der Waals surface area contributed by atoms with Crippen LogP contribution in [0.25, 0.3) is 0 Å². The number of aliphatic carboxylic acids is 1. The summed E-state index contributed by atoms with van der Waals surface area (Å²) in [6, 6.07) is 3.03. The monoisotopic (exact) mass is 226 g/mol. The number of nitrogens with zero attached hydrogens (tertiary/aromatic N) is 1. The minimum Gasteiger partial charge on any atom is -0.480 e. The van der Waals surface area contributed by atoms with Gasteiger partial charge in [-0.3, -0.25) is 4.79 Å². The number of hydrogen-bond donors (Lipinski definition) is 2. The second kappa shape index (κ2) is 5.79. The number of carboxylic acid groups (broad SMARTS) is 1. The van der Waals surface area contributed by atoms with Gasteiger partial charge in [0.15, 0.2) is 0 Å². The second-order valence-electron chi connectivity index (χ2n) is 3.15. The lowest BCUT2D eigenvalue weighted by Gasteiger charge is -2.18. The van der Waals surface area contributed by atoms with Crippen molar-refractivity contribution >= 4 is 12.0 Å². The highest BCUT2D eigenvalue weighted by molar-refractivity contribution is 5.79. The number of furan rings is 1. The molecule has 2 amide bonds. The van der Waals surface area contributed by atoms with Gasteiger partial charge < -0.3 is 19.7 Å². The quantitative estimate of drug-likeness (QED) is 0.781. The van der Waals surface area contributed by atoms with Crippen LogP contribution >= 0.6 is 0 Å². The van der Waals surface area contributed by atoms with E-state index in [1.807, 2.05) is 0 Å². The van der Waals surface area contributed by atoms with Crippen molar-refractivity contribution in [3.8, 4) is 0 Å². The molecule has 1 rings (SSSR count). The van der Waals surface area contributed by atoms with Crippen molar-refractivity contribution in [3.05, 3.63) is 24.2 Å². The zero-order valence-corrected chi connectivity index (χ0v) is 8.97. The van der Waals surface area contributed by atoms with Gasteiger partial charge in [0, 0.05) is 6.54 Å². The van der Waals surface area contributed by atoms with Crippen molar-refractivity contribution in [3.63, 3.8) is 0 Å². The zero-order valence-electron chi connectivity index (χ0n) is 8.97. The standard InChI is InChI=1S/C10H14N2O4/c1-2-12(7-9(13)14)10(15)11-6-8-4-3-5-16-8/h3-5H,2,6-7H2,1H3,(H,11,15)(H,13,14). The molecule has 0 spiro atoms. The van der Waals surface area contributed by atoms with Gasteiger partial charge in [-0.2, -0.15) is 0 Å². The van der Waals surface area contributed by atoms with Gasteiger partial charge in [-0.15, -0.1) is 0 Å². The molecule has 0 saturated heterocycles. The van der Waals surface area contributed by atoms with Gasteiger partial charge in [0.1, 0.15) is 12.3 Å². The number of carboxylic acids is 1. The van der Waals surface area contributed by atoms with Crippen molar-refractivity contribution < 1.29 is 19.1 Å². The number of rotatable bonds is 5. The third-order valence-corrected chi connectivity index (χ3v) is 1.99. The number of carbonyl (C=O) groups is 2. The highest BCUT2D eigenvalue weighted by Crippen LogP contribution is 1.99. The molecular weight excluding hydrogens is 212 g/mol. The van der Waals surface area contributed by atoms with Crippen LogP contribution < -0.4 is 5.32 Å². The van der Waals surface area contributed by atoms with Gasteiger partial charge in [0.25, 0.3) is 0 Å². The molecule has 6 nitrogen and oxygen atoms in total. The van der Waals surface area contributed by atoms with Crippen LogP contribution in [0.3, 0.4) is 0 Å². The molecule has 0 atom stereocenters. The SMILES string of the molecule is CCN(CC(=O)O)C(=O)NCc1ccco1. The summed E-state index contributed by atoms with van der Waals surface area (Å²) in [6.45, 7) is 2.01.